The Kier molecular flexibility index (Phi) is 8.73. The van der Waals surface area contributed by atoms with Crippen molar-refractivity contribution in [3.05, 3.63) is 64.9 Å². The predicted octanol–water partition coefficient (Wildman–Crippen LogP) is 8.68. The Bertz CT molecular complexity index is 1510. The molecule has 0 N–H and O–H groups in total. The lowest BCUT2D eigenvalue weighted by atomic mass is 9.89. The van der Waals surface area contributed by atoms with Gasteiger partial charge in [0.25, 0.3) is 10.0 Å². The first-order valence-corrected chi connectivity index (χ1v) is 17.0. The standard InChI is InChI=1S/C35H48N2O3S/c1-23(2)27-19-30(24(3)4)35(31(20-27)25(5)6)41(38,39)37-22-33(26-15-17-36(7)18-16-26)32-21-29(13-14-34(32)37)40-28-11-9-8-10-12-28/h13-15,19-25,28H,8-12,16-18H2,1-7H3. The van der Waals surface area contributed by atoms with Crippen LogP contribution in [0, 0.1) is 0 Å². The van der Waals surface area contributed by atoms with Crippen molar-refractivity contribution in [2.24, 2.45) is 0 Å². The molecule has 0 saturated heterocycles. The minimum absolute atomic E-state index is 0.0735. The van der Waals surface area contributed by atoms with E-state index in [2.05, 4.69) is 77.8 Å². The fraction of sp³-hybridized carbons (Fsp3) is 0.543. The summed E-state index contributed by atoms with van der Waals surface area (Å²) in [4.78, 5) is 2.76. The molecule has 0 amide bonds. The third-order valence-corrected chi connectivity index (χ3v) is 10.8. The number of benzene rings is 2. The van der Waals surface area contributed by atoms with E-state index in [4.69, 9.17) is 4.74 Å². The Morgan fingerprint density at radius 2 is 1.54 bits per heavy atom. The first-order chi connectivity index (χ1) is 19.5. The summed E-state index contributed by atoms with van der Waals surface area (Å²) in [6.45, 7) is 14.5. The Labute approximate surface area is 247 Å². The highest BCUT2D eigenvalue weighted by molar-refractivity contribution is 7.90. The molecule has 2 heterocycles. The number of ether oxygens (including phenoxy) is 1. The van der Waals surface area contributed by atoms with Gasteiger partial charge in [-0.25, -0.2) is 12.4 Å². The highest BCUT2D eigenvalue weighted by Gasteiger charge is 2.31. The molecule has 6 heteroatoms. The zero-order valence-corrected chi connectivity index (χ0v) is 26.9. The van der Waals surface area contributed by atoms with Crippen LogP contribution in [-0.4, -0.2) is 43.5 Å². The summed E-state index contributed by atoms with van der Waals surface area (Å²) in [5, 5.41) is 0.952. The van der Waals surface area contributed by atoms with E-state index < -0.39 is 10.0 Å². The van der Waals surface area contributed by atoms with E-state index >= 15 is 0 Å². The van der Waals surface area contributed by atoms with E-state index in [0.29, 0.717) is 16.3 Å². The molecule has 1 aliphatic carbocycles. The molecule has 0 radical (unpaired) electrons. The van der Waals surface area contributed by atoms with Gasteiger partial charge in [0, 0.05) is 30.2 Å². The van der Waals surface area contributed by atoms with Crippen LogP contribution in [0.1, 0.15) is 120 Å². The molecule has 1 aromatic heterocycles. The summed E-state index contributed by atoms with van der Waals surface area (Å²) in [5.41, 5.74) is 5.92. The first-order valence-electron chi connectivity index (χ1n) is 15.6. The van der Waals surface area contributed by atoms with Crippen molar-refractivity contribution >= 4 is 26.5 Å². The van der Waals surface area contributed by atoms with Crippen molar-refractivity contribution in [3.63, 3.8) is 0 Å². The van der Waals surface area contributed by atoms with Crippen LogP contribution >= 0.6 is 0 Å². The lowest BCUT2D eigenvalue weighted by Crippen LogP contribution is -2.23. The molecule has 2 aliphatic rings. The van der Waals surface area contributed by atoms with Crippen LogP contribution in [-0.2, 0) is 10.0 Å². The largest absolute Gasteiger partial charge is 0.490 e. The molecular formula is C35H48N2O3S. The molecule has 0 spiro atoms. The minimum atomic E-state index is -3.89. The van der Waals surface area contributed by atoms with Crippen molar-refractivity contribution in [1.29, 1.82) is 0 Å². The van der Waals surface area contributed by atoms with Gasteiger partial charge in [0.2, 0.25) is 0 Å². The quantitative estimate of drug-likeness (QED) is 0.269. The molecule has 1 saturated carbocycles. The summed E-state index contributed by atoms with van der Waals surface area (Å²) in [5.74, 6) is 1.30. The summed E-state index contributed by atoms with van der Waals surface area (Å²) in [7, 11) is -1.77. The SMILES string of the molecule is CC(C)c1cc(C(C)C)c(S(=O)(=O)n2cc(C3=CCN(C)CC3)c3cc(OC4CCCCC4)ccc32)c(C(C)C)c1. The fourth-order valence-electron chi connectivity index (χ4n) is 6.38. The Hall–Kier alpha value is -2.57. The number of aromatic nitrogens is 1. The molecule has 222 valence electrons. The zero-order chi connectivity index (χ0) is 29.5. The van der Waals surface area contributed by atoms with Crippen molar-refractivity contribution in [2.75, 3.05) is 20.1 Å². The highest BCUT2D eigenvalue weighted by atomic mass is 32.2. The van der Waals surface area contributed by atoms with Crippen LogP contribution in [0.25, 0.3) is 16.5 Å². The van der Waals surface area contributed by atoms with Crippen LogP contribution in [0.5, 0.6) is 5.75 Å². The number of nitrogens with zero attached hydrogens (tertiary/aromatic N) is 2. The van der Waals surface area contributed by atoms with Gasteiger partial charge in [0.05, 0.1) is 16.5 Å². The van der Waals surface area contributed by atoms with E-state index in [1.54, 1.807) is 3.97 Å². The Morgan fingerprint density at radius 3 is 2.10 bits per heavy atom. The van der Waals surface area contributed by atoms with Crippen LogP contribution in [0.2, 0.25) is 0 Å². The van der Waals surface area contributed by atoms with Crippen LogP contribution in [0.4, 0.5) is 0 Å². The molecule has 1 aliphatic heterocycles. The maximum Gasteiger partial charge on any atom is 0.268 e. The van der Waals surface area contributed by atoms with Crippen molar-refractivity contribution in [1.82, 2.24) is 8.87 Å². The number of hydrogen-bond acceptors (Lipinski definition) is 4. The highest BCUT2D eigenvalue weighted by Crippen LogP contribution is 2.40. The van der Waals surface area contributed by atoms with E-state index in [0.717, 1.165) is 60.2 Å². The molecule has 0 bridgehead atoms. The van der Waals surface area contributed by atoms with Gasteiger partial charge in [-0.2, -0.15) is 0 Å². The van der Waals surface area contributed by atoms with Gasteiger partial charge >= 0.3 is 0 Å². The molecule has 5 nitrogen and oxygen atoms in total. The van der Waals surface area contributed by atoms with Gasteiger partial charge in [-0.3, -0.25) is 0 Å². The second-order valence-corrected chi connectivity index (χ2v) is 14.9. The number of rotatable bonds is 8. The zero-order valence-electron chi connectivity index (χ0n) is 26.0. The summed E-state index contributed by atoms with van der Waals surface area (Å²) >= 11 is 0. The van der Waals surface area contributed by atoms with Crippen LogP contribution in [0.3, 0.4) is 0 Å². The molecule has 0 unspecified atom stereocenters. The average Bonchev–Trinajstić information content (AvgIpc) is 3.33. The molecule has 1 fully saturated rings. The maximum atomic E-state index is 14.8. The lowest BCUT2D eigenvalue weighted by molar-refractivity contribution is 0.155. The fourth-order valence-corrected chi connectivity index (χ4v) is 8.43. The van der Waals surface area contributed by atoms with E-state index in [-0.39, 0.29) is 17.9 Å². The van der Waals surface area contributed by atoms with Gasteiger partial charge in [0.1, 0.15) is 5.75 Å². The normalized spacial score (nSPS) is 17.7. The Balaban J connectivity index is 1.71. The average molecular weight is 577 g/mol. The van der Waals surface area contributed by atoms with Gasteiger partial charge < -0.3 is 9.64 Å². The monoisotopic (exact) mass is 576 g/mol. The predicted molar refractivity (Wildman–Crippen MR) is 171 cm³/mol. The molecule has 5 rings (SSSR count). The summed E-state index contributed by atoms with van der Waals surface area (Å²) in [6.07, 6.45) is 11.1. The van der Waals surface area contributed by atoms with E-state index in [1.165, 1.54) is 30.4 Å². The maximum absolute atomic E-state index is 14.8. The second-order valence-electron chi connectivity index (χ2n) is 13.1. The second kappa shape index (κ2) is 12.0. The van der Waals surface area contributed by atoms with Gasteiger partial charge in [-0.1, -0.05) is 66.2 Å². The van der Waals surface area contributed by atoms with Gasteiger partial charge in [-0.15, -0.1) is 0 Å². The van der Waals surface area contributed by atoms with Gasteiger partial charge in [-0.05, 0) is 97.4 Å². The summed E-state index contributed by atoms with van der Waals surface area (Å²) < 4.78 is 37.7. The molecule has 41 heavy (non-hydrogen) atoms. The molecule has 3 aromatic rings. The van der Waals surface area contributed by atoms with Gasteiger partial charge in [0.15, 0.2) is 0 Å². The van der Waals surface area contributed by atoms with Crippen molar-refractivity contribution in [2.45, 2.75) is 109 Å². The van der Waals surface area contributed by atoms with E-state index in [9.17, 15) is 8.42 Å². The third kappa shape index (κ3) is 6.01. The molecule has 2 aromatic carbocycles. The Morgan fingerprint density at radius 1 is 0.878 bits per heavy atom. The lowest BCUT2D eigenvalue weighted by Gasteiger charge is -2.24. The van der Waals surface area contributed by atoms with Crippen molar-refractivity contribution in [3.8, 4) is 5.75 Å². The van der Waals surface area contributed by atoms with E-state index in [1.807, 2.05) is 18.3 Å². The van der Waals surface area contributed by atoms with Crippen LogP contribution < -0.4 is 4.74 Å². The minimum Gasteiger partial charge on any atom is -0.490 e. The number of hydrogen-bond donors (Lipinski definition) is 0. The first kappa shape index (κ1) is 29.9. The topological polar surface area (TPSA) is 51.5 Å². The smallest absolute Gasteiger partial charge is 0.268 e. The molecule has 0 atom stereocenters. The third-order valence-electron chi connectivity index (χ3n) is 8.95. The number of fused-ring (bicyclic) bond motifs is 1. The number of likely N-dealkylation sites (N-methyl/N-ethyl adjacent to an activating group) is 1. The van der Waals surface area contributed by atoms with Crippen molar-refractivity contribution < 1.29 is 13.2 Å². The molecular weight excluding hydrogens is 528 g/mol. The summed E-state index contributed by atoms with van der Waals surface area (Å²) in [6, 6.07) is 10.2. The van der Waals surface area contributed by atoms with Crippen LogP contribution in [0.15, 0.2) is 47.5 Å².